The molecular weight excluding hydrogens is 158 g/mol. The van der Waals surface area contributed by atoms with Crippen molar-refractivity contribution in [2.24, 2.45) is 11.8 Å². The van der Waals surface area contributed by atoms with Crippen molar-refractivity contribution < 1.29 is 0 Å². The van der Waals surface area contributed by atoms with Crippen molar-refractivity contribution in [2.75, 3.05) is 6.54 Å². The molecule has 0 aromatic rings. The number of nitrogens with one attached hydrogen (secondary N) is 1. The van der Waals surface area contributed by atoms with Gasteiger partial charge in [-0.15, -0.1) is 0 Å². The molecule has 1 fully saturated rings. The zero-order chi connectivity index (χ0) is 9.68. The molecule has 1 N–H and O–H groups in total. The van der Waals surface area contributed by atoms with Crippen molar-refractivity contribution in [3.63, 3.8) is 0 Å². The molecule has 3 unspecified atom stereocenters. The molecule has 0 aromatic heterocycles. The highest BCUT2D eigenvalue weighted by Crippen LogP contribution is 2.27. The van der Waals surface area contributed by atoms with E-state index in [1.165, 1.54) is 38.6 Å². The quantitative estimate of drug-likeness (QED) is 0.706. The van der Waals surface area contributed by atoms with Crippen LogP contribution in [0.3, 0.4) is 0 Å². The predicted molar refractivity (Wildman–Crippen MR) is 58.9 cm³/mol. The van der Waals surface area contributed by atoms with E-state index in [-0.39, 0.29) is 0 Å². The van der Waals surface area contributed by atoms with E-state index in [1.807, 2.05) is 0 Å². The normalized spacial score (nSPS) is 31.6. The third-order valence-corrected chi connectivity index (χ3v) is 3.41. The molecule has 0 amide bonds. The summed E-state index contributed by atoms with van der Waals surface area (Å²) in [7, 11) is 0. The Balaban J connectivity index is 2.13. The Morgan fingerprint density at radius 1 is 1.38 bits per heavy atom. The first-order valence-electron chi connectivity index (χ1n) is 5.95. The second-order valence-corrected chi connectivity index (χ2v) is 4.86. The highest BCUT2D eigenvalue weighted by molar-refractivity contribution is 4.73. The molecule has 1 saturated carbocycles. The molecule has 0 aromatic carbocycles. The van der Waals surface area contributed by atoms with E-state index in [0.29, 0.717) is 6.04 Å². The first-order chi connectivity index (χ1) is 6.22. The average molecular weight is 183 g/mol. The van der Waals surface area contributed by atoms with Crippen LogP contribution in [0.1, 0.15) is 52.9 Å². The summed E-state index contributed by atoms with van der Waals surface area (Å²) in [4.78, 5) is 0. The molecule has 0 aliphatic heterocycles. The van der Waals surface area contributed by atoms with Crippen LogP contribution in [-0.2, 0) is 0 Å². The Kier molecular flexibility index (Phi) is 4.79. The van der Waals surface area contributed by atoms with E-state index in [1.54, 1.807) is 0 Å². The molecule has 1 nitrogen and oxygen atoms in total. The number of hydrogen-bond donors (Lipinski definition) is 1. The van der Waals surface area contributed by atoms with Gasteiger partial charge in [-0.05, 0) is 44.6 Å². The molecule has 0 spiro atoms. The molecule has 0 heterocycles. The van der Waals surface area contributed by atoms with Gasteiger partial charge < -0.3 is 5.32 Å². The lowest BCUT2D eigenvalue weighted by molar-refractivity contribution is 0.267. The third kappa shape index (κ3) is 4.12. The lowest BCUT2D eigenvalue weighted by Crippen LogP contribution is -2.32. The van der Waals surface area contributed by atoms with Crippen molar-refractivity contribution in [2.45, 2.75) is 58.9 Å². The summed E-state index contributed by atoms with van der Waals surface area (Å²) in [5, 5.41) is 3.62. The molecular formula is C12H25N. The van der Waals surface area contributed by atoms with Crippen LogP contribution in [0.5, 0.6) is 0 Å². The van der Waals surface area contributed by atoms with Crippen molar-refractivity contribution in [1.82, 2.24) is 5.32 Å². The van der Waals surface area contributed by atoms with Gasteiger partial charge in [0.15, 0.2) is 0 Å². The van der Waals surface area contributed by atoms with E-state index < -0.39 is 0 Å². The average Bonchev–Trinajstić information content (AvgIpc) is 2.14. The fourth-order valence-electron chi connectivity index (χ4n) is 2.26. The van der Waals surface area contributed by atoms with Gasteiger partial charge in [0.25, 0.3) is 0 Å². The minimum Gasteiger partial charge on any atom is -0.314 e. The summed E-state index contributed by atoms with van der Waals surface area (Å²) in [6.07, 6.45) is 7.06. The molecule has 78 valence electrons. The van der Waals surface area contributed by atoms with Gasteiger partial charge in [0.1, 0.15) is 0 Å². The summed E-state index contributed by atoms with van der Waals surface area (Å²) in [5.41, 5.74) is 0. The summed E-state index contributed by atoms with van der Waals surface area (Å²) < 4.78 is 0. The lowest BCUT2D eigenvalue weighted by atomic mass is 9.82. The van der Waals surface area contributed by atoms with Crippen molar-refractivity contribution in [1.29, 1.82) is 0 Å². The molecule has 1 aliphatic carbocycles. The standard InChI is InChI=1S/C12H25N/c1-4-11(3)13-9-12-7-5-6-10(2)8-12/h10-13H,4-9H2,1-3H3. The Bertz CT molecular complexity index is 133. The van der Waals surface area contributed by atoms with Gasteiger partial charge in [-0.3, -0.25) is 0 Å². The molecule has 0 saturated heterocycles. The largest absolute Gasteiger partial charge is 0.314 e. The number of hydrogen-bond acceptors (Lipinski definition) is 1. The maximum Gasteiger partial charge on any atom is 0.00362 e. The van der Waals surface area contributed by atoms with Crippen LogP contribution in [0.2, 0.25) is 0 Å². The third-order valence-electron chi connectivity index (χ3n) is 3.41. The summed E-state index contributed by atoms with van der Waals surface area (Å²) in [6, 6.07) is 0.706. The first kappa shape index (κ1) is 11.0. The fourth-order valence-corrected chi connectivity index (χ4v) is 2.26. The topological polar surface area (TPSA) is 12.0 Å². The zero-order valence-corrected chi connectivity index (χ0v) is 9.47. The monoisotopic (exact) mass is 183 g/mol. The van der Waals surface area contributed by atoms with Crippen molar-refractivity contribution >= 4 is 0 Å². The van der Waals surface area contributed by atoms with E-state index >= 15 is 0 Å². The van der Waals surface area contributed by atoms with Gasteiger partial charge in [-0.25, -0.2) is 0 Å². The Morgan fingerprint density at radius 2 is 2.15 bits per heavy atom. The molecule has 1 aliphatic rings. The Morgan fingerprint density at radius 3 is 2.77 bits per heavy atom. The van der Waals surface area contributed by atoms with Crippen molar-refractivity contribution in [3.8, 4) is 0 Å². The molecule has 0 bridgehead atoms. The minimum absolute atomic E-state index is 0.706. The van der Waals surface area contributed by atoms with E-state index in [9.17, 15) is 0 Å². The second kappa shape index (κ2) is 5.64. The second-order valence-electron chi connectivity index (χ2n) is 4.86. The van der Waals surface area contributed by atoms with Crippen LogP contribution in [0.15, 0.2) is 0 Å². The smallest absolute Gasteiger partial charge is 0.00362 e. The highest BCUT2D eigenvalue weighted by Gasteiger charge is 2.18. The molecule has 1 heteroatoms. The Hall–Kier alpha value is -0.0400. The van der Waals surface area contributed by atoms with Crippen LogP contribution in [0.25, 0.3) is 0 Å². The van der Waals surface area contributed by atoms with Gasteiger partial charge >= 0.3 is 0 Å². The van der Waals surface area contributed by atoms with Gasteiger partial charge in [-0.1, -0.05) is 26.7 Å². The fraction of sp³-hybridized carbons (Fsp3) is 1.00. The van der Waals surface area contributed by atoms with Crippen LogP contribution in [0, 0.1) is 11.8 Å². The molecule has 3 atom stereocenters. The predicted octanol–water partition coefficient (Wildman–Crippen LogP) is 3.20. The van der Waals surface area contributed by atoms with E-state index in [4.69, 9.17) is 0 Å². The van der Waals surface area contributed by atoms with Crippen LogP contribution < -0.4 is 5.32 Å². The number of rotatable bonds is 4. The van der Waals surface area contributed by atoms with Gasteiger partial charge in [0.05, 0.1) is 0 Å². The first-order valence-corrected chi connectivity index (χ1v) is 5.95. The molecule has 1 rings (SSSR count). The summed E-state index contributed by atoms with van der Waals surface area (Å²) in [5.74, 6) is 1.93. The lowest BCUT2D eigenvalue weighted by Gasteiger charge is -2.27. The minimum atomic E-state index is 0.706. The van der Waals surface area contributed by atoms with Gasteiger partial charge in [0, 0.05) is 6.04 Å². The summed E-state index contributed by atoms with van der Waals surface area (Å²) >= 11 is 0. The Labute approximate surface area is 83.3 Å². The maximum absolute atomic E-state index is 3.62. The molecule has 13 heavy (non-hydrogen) atoms. The van der Waals surface area contributed by atoms with Gasteiger partial charge in [0.2, 0.25) is 0 Å². The maximum atomic E-state index is 3.62. The molecule has 0 radical (unpaired) electrons. The summed E-state index contributed by atoms with van der Waals surface area (Å²) in [6.45, 7) is 8.18. The SMILES string of the molecule is CCC(C)NCC1CCCC(C)C1. The van der Waals surface area contributed by atoms with Crippen LogP contribution in [-0.4, -0.2) is 12.6 Å². The van der Waals surface area contributed by atoms with Crippen LogP contribution >= 0.6 is 0 Å². The van der Waals surface area contributed by atoms with E-state index in [2.05, 4.69) is 26.1 Å². The highest BCUT2D eigenvalue weighted by atomic mass is 14.9. The zero-order valence-electron chi connectivity index (χ0n) is 9.47. The van der Waals surface area contributed by atoms with E-state index in [0.717, 1.165) is 11.8 Å². The van der Waals surface area contributed by atoms with Crippen LogP contribution in [0.4, 0.5) is 0 Å². The van der Waals surface area contributed by atoms with Crippen molar-refractivity contribution in [3.05, 3.63) is 0 Å². The van der Waals surface area contributed by atoms with Gasteiger partial charge in [-0.2, -0.15) is 0 Å².